The maximum Gasteiger partial charge on any atom is 0.253 e. The molecule has 10 heteroatoms. The number of aryl methyl sites for hydroxylation is 1. The summed E-state index contributed by atoms with van der Waals surface area (Å²) in [5.74, 6) is 1.53. The van der Waals surface area contributed by atoms with E-state index in [-0.39, 0.29) is 17.7 Å². The third kappa shape index (κ3) is 4.77. The van der Waals surface area contributed by atoms with E-state index in [2.05, 4.69) is 49.4 Å². The lowest BCUT2D eigenvalue weighted by Crippen LogP contribution is -2.49. The summed E-state index contributed by atoms with van der Waals surface area (Å²) in [4.78, 5) is 21.3. The minimum atomic E-state index is -0.389. The summed E-state index contributed by atoms with van der Waals surface area (Å²) in [6.07, 6.45) is 2.11. The zero-order valence-corrected chi connectivity index (χ0v) is 21.8. The molecule has 2 aromatic heterocycles. The number of pyridine rings is 1. The van der Waals surface area contributed by atoms with E-state index >= 15 is 0 Å². The molecule has 0 aliphatic carbocycles. The molecule has 198 valence electrons. The zero-order valence-electron chi connectivity index (χ0n) is 21.8. The molecule has 10 nitrogen and oxygen atoms in total. The first-order chi connectivity index (χ1) is 18.6. The van der Waals surface area contributed by atoms with Gasteiger partial charge in [-0.15, -0.1) is 5.10 Å². The highest BCUT2D eigenvalue weighted by molar-refractivity contribution is 5.79. The maximum atomic E-state index is 13.5. The Morgan fingerprint density at radius 1 is 1.13 bits per heavy atom. The minimum Gasteiger partial charge on any atom is -0.495 e. The van der Waals surface area contributed by atoms with Crippen molar-refractivity contribution in [3.63, 3.8) is 0 Å². The topological polar surface area (TPSA) is 101 Å². The third-order valence-corrected chi connectivity index (χ3v) is 7.63. The van der Waals surface area contributed by atoms with E-state index in [1.165, 1.54) is 0 Å². The molecular formula is C28H33N7O3. The molecule has 0 saturated carbocycles. The van der Waals surface area contributed by atoms with Crippen molar-refractivity contribution in [1.82, 2.24) is 30.1 Å². The summed E-state index contributed by atoms with van der Waals surface area (Å²) < 4.78 is 13.3. The van der Waals surface area contributed by atoms with E-state index in [0.717, 1.165) is 73.5 Å². The van der Waals surface area contributed by atoms with Crippen LogP contribution in [-0.2, 0) is 11.3 Å². The summed E-state index contributed by atoms with van der Waals surface area (Å²) >= 11 is 0. The predicted molar refractivity (Wildman–Crippen MR) is 145 cm³/mol. The van der Waals surface area contributed by atoms with E-state index < -0.39 is 0 Å². The van der Waals surface area contributed by atoms with Gasteiger partial charge in [0.1, 0.15) is 11.8 Å². The standard InChI is InChI=1S/C28H33N7O3/c1-19-9-10-23-20(16-19)17-22(28(36)29-23)26(27-30-31-32-35(27)18-21-6-5-15-38-21)34-13-11-33(12-14-34)24-7-3-4-8-25(24)37-2/h3-4,7-10,16-17,21,26H,5-6,11-15,18H2,1-2H3,(H,29,36)/t21-,26-/m1/s1. The number of para-hydroxylation sites is 2. The van der Waals surface area contributed by atoms with Crippen LogP contribution in [0.2, 0.25) is 0 Å². The Morgan fingerprint density at radius 3 is 2.76 bits per heavy atom. The van der Waals surface area contributed by atoms with Crippen molar-refractivity contribution in [2.24, 2.45) is 0 Å². The lowest BCUT2D eigenvalue weighted by molar-refractivity contribution is 0.0906. The molecule has 0 spiro atoms. The predicted octanol–water partition coefficient (Wildman–Crippen LogP) is 2.92. The second-order valence-corrected chi connectivity index (χ2v) is 10.1. The van der Waals surface area contributed by atoms with Crippen molar-refractivity contribution in [2.75, 3.05) is 44.8 Å². The summed E-state index contributed by atoms with van der Waals surface area (Å²) in [7, 11) is 1.70. The van der Waals surface area contributed by atoms with Crippen LogP contribution in [0.5, 0.6) is 5.75 Å². The minimum absolute atomic E-state index is 0.0813. The van der Waals surface area contributed by atoms with E-state index in [0.29, 0.717) is 17.9 Å². The van der Waals surface area contributed by atoms with Crippen LogP contribution in [0.1, 0.15) is 35.8 Å². The number of hydrogen-bond donors (Lipinski definition) is 1. The van der Waals surface area contributed by atoms with Crippen molar-refractivity contribution < 1.29 is 9.47 Å². The van der Waals surface area contributed by atoms with Gasteiger partial charge in [-0.3, -0.25) is 9.69 Å². The Balaban J connectivity index is 1.36. The monoisotopic (exact) mass is 515 g/mol. The Labute approximate surface area is 221 Å². The van der Waals surface area contributed by atoms with Crippen LogP contribution in [-0.4, -0.2) is 76.1 Å². The molecule has 38 heavy (non-hydrogen) atoms. The lowest BCUT2D eigenvalue weighted by Gasteiger charge is -2.40. The maximum absolute atomic E-state index is 13.5. The number of benzene rings is 2. The number of nitrogens with one attached hydrogen (secondary N) is 1. The largest absolute Gasteiger partial charge is 0.495 e. The highest BCUT2D eigenvalue weighted by Gasteiger charge is 2.34. The Kier molecular flexibility index (Phi) is 6.82. The van der Waals surface area contributed by atoms with Gasteiger partial charge in [-0.2, -0.15) is 0 Å². The number of hydrogen-bond acceptors (Lipinski definition) is 8. The molecule has 0 bridgehead atoms. The smallest absolute Gasteiger partial charge is 0.253 e. The SMILES string of the molecule is COc1ccccc1N1CCN([C@H](c2cc3cc(C)ccc3[nH]c2=O)c2nnnn2C[C@H]2CCCO2)CC1. The van der Waals surface area contributed by atoms with Gasteiger partial charge in [0.25, 0.3) is 5.56 Å². The number of H-pyrrole nitrogens is 1. The third-order valence-electron chi connectivity index (χ3n) is 7.63. The normalized spacial score (nSPS) is 19.2. The molecule has 0 radical (unpaired) electrons. The van der Waals surface area contributed by atoms with Crippen molar-refractivity contribution in [1.29, 1.82) is 0 Å². The van der Waals surface area contributed by atoms with E-state index in [1.54, 1.807) is 7.11 Å². The molecule has 4 heterocycles. The van der Waals surface area contributed by atoms with Crippen LogP contribution in [0.4, 0.5) is 5.69 Å². The van der Waals surface area contributed by atoms with E-state index in [4.69, 9.17) is 9.47 Å². The highest BCUT2D eigenvalue weighted by Crippen LogP contribution is 2.32. The molecular weight excluding hydrogens is 482 g/mol. The number of aromatic nitrogens is 5. The van der Waals surface area contributed by atoms with E-state index in [9.17, 15) is 4.79 Å². The molecule has 2 aromatic carbocycles. The summed E-state index contributed by atoms with van der Waals surface area (Å²) in [6, 6.07) is 15.8. The average Bonchev–Trinajstić information content (AvgIpc) is 3.63. The van der Waals surface area contributed by atoms with Crippen LogP contribution in [0.15, 0.2) is 53.3 Å². The van der Waals surface area contributed by atoms with Crippen molar-refractivity contribution in [3.8, 4) is 5.75 Å². The van der Waals surface area contributed by atoms with Gasteiger partial charge in [-0.1, -0.05) is 23.8 Å². The van der Waals surface area contributed by atoms with Gasteiger partial charge < -0.3 is 19.4 Å². The van der Waals surface area contributed by atoms with Gasteiger partial charge in [0.2, 0.25) is 0 Å². The molecule has 0 amide bonds. The summed E-state index contributed by atoms with van der Waals surface area (Å²) in [5, 5.41) is 13.8. The highest BCUT2D eigenvalue weighted by atomic mass is 16.5. The molecule has 4 aromatic rings. The fourth-order valence-electron chi connectivity index (χ4n) is 5.68. The molecule has 1 N–H and O–H groups in total. The van der Waals surface area contributed by atoms with Crippen LogP contribution in [0.25, 0.3) is 10.9 Å². The Bertz CT molecular complexity index is 1470. The fraction of sp³-hybridized carbons (Fsp3) is 0.429. The summed E-state index contributed by atoms with van der Waals surface area (Å²) in [6.45, 7) is 6.44. The number of ether oxygens (including phenoxy) is 2. The van der Waals surface area contributed by atoms with Gasteiger partial charge in [0.15, 0.2) is 5.82 Å². The number of methoxy groups -OCH3 is 1. The Morgan fingerprint density at radius 2 is 1.97 bits per heavy atom. The first-order valence-corrected chi connectivity index (χ1v) is 13.2. The van der Waals surface area contributed by atoms with Crippen molar-refractivity contribution in [2.45, 2.75) is 38.5 Å². The number of nitrogens with zero attached hydrogens (tertiary/aromatic N) is 6. The second kappa shape index (κ2) is 10.5. The van der Waals surface area contributed by atoms with E-state index in [1.807, 2.05) is 41.1 Å². The van der Waals surface area contributed by atoms with Gasteiger partial charge in [-0.05, 0) is 65.9 Å². The molecule has 0 unspecified atom stereocenters. The molecule has 6 rings (SSSR count). The Hall–Kier alpha value is -3.76. The number of aromatic amines is 1. The number of piperazine rings is 1. The van der Waals surface area contributed by atoms with Gasteiger partial charge in [-0.25, -0.2) is 4.68 Å². The van der Waals surface area contributed by atoms with Gasteiger partial charge in [0, 0.05) is 43.9 Å². The van der Waals surface area contributed by atoms with Crippen molar-refractivity contribution in [3.05, 3.63) is 75.8 Å². The molecule has 2 atom stereocenters. The summed E-state index contributed by atoms with van der Waals surface area (Å²) in [5.41, 5.74) is 3.57. The first-order valence-electron chi connectivity index (χ1n) is 13.2. The van der Waals surface area contributed by atoms with Gasteiger partial charge >= 0.3 is 0 Å². The van der Waals surface area contributed by atoms with Crippen LogP contribution >= 0.6 is 0 Å². The van der Waals surface area contributed by atoms with Crippen molar-refractivity contribution >= 4 is 16.6 Å². The average molecular weight is 516 g/mol. The van der Waals surface area contributed by atoms with Crippen LogP contribution in [0.3, 0.4) is 0 Å². The van der Waals surface area contributed by atoms with Crippen LogP contribution in [0, 0.1) is 6.92 Å². The quantitative estimate of drug-likeness (QED) is 0.401. The number of anilines is 1. The number of tetrazole rings is 1. The fourth-order valence-corrected chi connectivity index (χ4v) is 5.68. The lowest BCUT2D eigenvalue weighted by atomic mass is 10.0. The van der Waals surface area contributed by atoms with Gasteiger partial charge in [0.05, 0.1) is 25.4 Å². The zero-order chi connectivity index (χ0) is 26.1. The molecule has 2 saturated heterocycles. The number of rotatable bonds is 7. The molecule has 2 aliphatic heterocycles. The molecule has 2 aliphatic rings. The first kappa shape index (κ1) is 24.6. The second-order valence-electron chi connectivity index (χ2n) is 10.1. The number of fused-ring (bicyclic) bond motifs is 1. The van der Waals surface area contributed by atoms with Crippen LogP contribution < -0.4 is 15.2 Å². The molecule has 2 fully saturated rings.